The second-order valence-corrected chi connectivity index (χ2v) is 9.32. The summed E-state index contributed by atoms with van der Waals surface area (Å²) in [6, 6.07) is 8.49. The van der Waals surface area contributed by atoms with Crippen LogP contribution in [0, 0.1) is 0 Å². The fourth-order valence-corrected chi connectivity index (χ4v) is 3.85. The van der Waals surface area contributed by atoms with Gasteiger partial charge in [-0.1, -0.05) is 95.1 Å². The second-order valence-electron chi connectivity index (χ2n) is 9.32. The molecule has 1 aliphatic heterocycles. The zero-order valence-corrected chi connectivity index (χ0v) is 19.8. The molecule has 2 rings (SSSR count). The molecule has 0 radical (unpaired) electrons. The van der Waals surface area contributed by atoms with Gasteiger partial charge >= 0.3 is 0 Å². The number of para-hydroxylation sites is 1. The first-order valence-corrected chi connectivity index (χ1v) is 12.7. The van der Waals surface area contributed by atoms with E-state index in [1.807, 2.05) is 0 Å². The number of epoxide rings is 1. The first kappa shape index (κ1) is 25.0. The lowest BCUT2D eigenvalue weighted by atomic mass is 10.0. The van der Waals surface area contributed by atoms with Crippen molar-refractivity contribution in [2.75, 3.05) is 13.2 Å². The van der Waals surface area contributed by atoms with Crippen molar-refractivity contribution in [2.24, 2.45) is 0 Å². The van der Waals surface area contributed by atoms with Gasteiger partial charge in [-0.2, -0.15) is 0 Å². The van der Waals surface area contributed by atoms with Gasteiger partial charge in [0.25, 0.3) is 0 Å². The summed E-state index contributed by atoms with van der Waals surface area (Å²) in [6.45, 7) is 5.88. The lowest BCUT2D eigenvalue weighted by molar-refractivity contribution is 0.201. The van der Waals surface area contributed by atoms with Crippen LogP contribution >= 0.6 is 0 Å². The molecule has 2 nitrogen and oxygen atoms in total. The van der Waals surface area contributed by atoms with Crippen molar-refractivity contribution in [3.63, 3.8) is 0 Å². The summed E-state index contributed by atoms with van der Waals surface area (Å²) >= 11 is 0. The van der Waals surface area contributed by atoms with Crippen LogP contribution in [-0.2, 0) is 11.2 Å². The third-order valence-electron chi connectivity index (χ3n) is 6.10. The van der Waals surface area contributed by atoms with E-state index in [0.29, 0.717) is 6.61 Å². The van der Waals surface area contributed by atoms with Crippen LogP contribution in [0.3, 0.4) is 0 Å². The number of allylic oxidation sites excluding steroid dienone is 2. The average Bonchev–Trinajstić information content (AvgIpc) is 3.50. The molecule has 1 fully saturated rings. The van der Waals surface area contributed by atoms with E-state index < -0.39 is 0 Å². The maximum atomic E-state index is 6.01. The number of ether oxygens (including phenoxy) is 2. The Hall–Kier alpha value is -1.28. The van der Waals surface area contributed by atoms with Gasteiger partial charge in [0.1, 0.15) is 18.0 Å². The second kappa shape index (κ2) is 15.5. The molecule has 1 heterocycles. The number of hydrogen-bond donors (Lipinski definition) is 0. The van der Waals surface area contributed by atoms with E-state index in [0.717, 1.165) is 18.8 Å². The summed E-state index contributed by atoms with van der Waals surface area (Å²) in [7, 11) is 0. The van der Waals surface area contributed by atoms with E-state index in [4.69, 9.17) is 9.47 Å². The Labute approximate surface area is 186 Å². The fourth-order valence-electron chi connectivity index (χ4n) is 3.85. The Bertz CT molecular complexity index is 574. The third kappa shape index (κ3) is 11.8. The highest BCUT2D eigenvalue weighted by Crippen LogP contribution is 2.28. The maximum absolute atomic E-state index is 6.01. The molecule has 0 aromatic heterocycles. The normalized spacial score (nSPS) is 18.2. The fraction of sp³-hybridized carbons (Fsp3) is 0.714. The van der Waals surface area contributed by atoms with Gasteiger partial charge in [0.2, 0.25) is 0 Å². The number of aryl methyl sites for hydroxylation is 1. The van der Waals surface area contributed by atoms with Crippen molar-refractivity contribution < 1.29 is 9.47 Å². The van der Waals surface area contributed by atoms with Gasteiger partial charge in [-0.05, 0) is 57.1 Å². The van der Waals surface area contributed by atoms with Crippen molar-refractivity contribution in [1.29, 1.82) is 0 Å². The van der Waals surface area contributed by atoms with Gasteiger partial charge in [0, 0.05) is 0 Å². The van der Waals surface area contributed by atoms with Crippen LogP contribution < -0.4 is 4.74 Å². The number of unbranched alkanes of at least 4 members (excludes halogenated alkanes) is 12. The van der Waals surface area contributed by atoms with E-state index in [1.54, 1.807) is 0 Å². The molecule has 1 aliphatic rings. The smallest absolute Gasteiger partial charge is 0.123 e. The minimum absolute atomic E-state index is 0.0468. The molecule has 30 heavy (non-hydrogen) atoms. The molecule has 0 spiro atoms. The minimum Gasteiger partial charge on any atom is -0.490 e. The van der Waals surface area contributed by atoms with Crippen LogP contribution in [0.25, 0.3) is 0 Å². The molecule has 0 amide bonds. The SMILES string of the molecule is CCCCCCCCCC/C=C/CCCCCCc1ccccc1OCC1(C)CO1. The maximum Gasteiger partial charge on any atom is 0.123 e. The quantitative estimate of drug-likeness (QED) is 0.129. The molecule has 1 atom stereocenters. The number of benzene rings is 1. The van der Waals surface area contributed by atoms with E-state index in [9.17, 15) is 0 Å². The van der Waals surface area contributed by atoms with E-state index >= 15 is 0 Å². The standard InChI is InChI=1S/C28H46O2/c1-3-4-5-6-7-8-9-10-11-12-13-14-15-16-17-18-21-26-22-19-20-23-27(26)29-24-28(2)25-30-28/h12-13,19-20,22-23H,3-11,14-18,21,24-25H2,1-2H3/b13-12+. The van der Waals surface area contributed by atoms with Crippen molar-refractivity contribution in [2.45, 2.75) is 116 Å². The highest BCUT2D eigenvalue weighted by molar-refractivity contribution is 5.33. The Balaban J connectivity index is 1.41. The highest BCUT2D eigenvalue weighted by Gasteiger charge is 2.40. The van der Waals surface area contributed by atoms with Gasteiger partial charge in [0.05, 0.1) is 6.61 Å². The Morgan fingerprint density at radius 1 is 0.833 bits per heavy atom. The van der Waals surface area contributed by atoms with Crippen LogP contribution in [0.2, 0.25) is 0 Å². The molecule has 0 saturated carbocycles. The molecule has 1 aromatic rings. The first-order chi connectivity index (χ1) is 14.7. The molecule has 1 unspecified atom stereocenters. The summed E-state index contributed by atoms with van der Waals surface area (Å²) in [6.07, 6.45) is 25.0. The minimum atomic E-state index is -0.0468. The summed E-state index contributed by atoms with van der Waals surface area (Å²) < 4.78 is 11.4. The van der Waals surface area contributed by atoms with Crippen LogP contribution in [0.1, 0.15) is 109 Å². The molecular formula is C28H46O2. The lowest BCUT2D eigenvalue weighted by Crippen LogP contribution is -2.17. The number of hydrogen-bond acceptors (Lipinski definition) is 2. The van der Waals surface area contributed by atoms with Crippen LogP contribution in [0.5, 0.6) is 5.75 Å². The zero-order chi connectivity index (χ0) is 21.3. The number of rotatable bonds is 19. The van der Waals surface area contributed by atoms with Crippen molar-refractivity contribution >= 4 is 0 Å². The van der Waals surface area contributed by atoms with Gasteiger partial charge in [-0.3, -0.25) is 0 Å². The Kier molecular flexibility index (Phi) is 12.9. The molecule has 0 N–H and O–H groups in total. The molecule has 1 aromatic carbocycles. The summed E-state index contributed by atoms with van der Waals surface area (Å²) in [5.74, 6) is 1.04. The van der Waals surface area contributed by atoms with Crippen LogP contribution in [-0.4, -0.2) is 18.8 Å². The first-order valence-electron chi connectivity index (χ1n) is 12.7. The van der Waals surface area contributed by atoms with Gasteiger partial charge in [-0.25, -0.2) is 0 Å². The Morgan fingerprint density at radius 3 is 2.03 bits per heavy atom. The summed E-state index contributed by atoms with van der Waals surface area (Å²) in [4.78, 5) is 0. The zero-order valence-electron chi connectivity index (χ0n) is 19.8. The van der Waals surface area contributed by atoms with E-state index in [1.165, 1.54) is 95.5 Å². The summed E-state index contributed by atoms with van der Waals surface area (Å²) in [5.41, 5.74) is 1.29. The molecule has 0 aliphatic carbocycles. The van der Waals surface area contributed by atoms with Crippen LogP contribution in [0.15, 0.2) is 36.4 Å². The average molecular weight is 415 g/mol. The molecule has 170 valence electrons. The third-order valence-corrected chi connectivity index (χ3v) is 6.10. The monoisotopic (exact) mass is 414 g/mol. The Morgan fingerprint density at radius 2 is 1.40 bits per heavy atom. The van der Waals surface area contributed by atoms with Crippen molar-refractivity contribution in [3.8, 4) is 5.75 Å². The van der Waals surface area contributed by atoms with Gasteiger partial charge in [0.15, 0.2) is 0 Å². The molecule has 0 bridgehead atoms. The van der Waals surface area contributed by atoms with Gasteiger partial charge < -0.3 is 9.47 Å². The van der Waals surface area contributed by atoms with Crippen molar-refractivity contribution in [1.82, 2.24) is 0 Å². The van der Waals surface area contributed by atoms with E-state index in [2.05, 4.69) is 50.3 Å². The van der Waals surface area contributed by atoms with Crippen LogP contribution in [0.4, 0.5) is 0 Å². The largest absolute Gasteiger partial charge is 0.490 e. The van der Waals surface area contributed by atoms with Crippen molar-refractivity contribution in [3.05, 3.63) is 42.0 Å². The molecular weight excluding hydrogens is 368 g/mol. The predicted octanol–water partition coefficient (Wildman–Crippen LogP) is 8.43. The van der Waals surface area contributed by atoms with E-state index in [-0.39, 0.29) is 5.60 Å². The topological polar surface area (TPSA) is 21.8 Å². The van der Waals surface area contributed by atoms with Gasteiger partial charge in [-0.15, -0.1) is 0 Å². The molecule has 1 saturated heterocycles. The molecule has 2 heteroatoms. The lowest BCUT2D eigenvalue weighted by Gasteiger charge is -2.13. The predicted molar refractivity (Wildman–Crippen MR) is 129 cm³/mol. The summed E-state index contributed by atoms with van der Waals surface area (Å²) in [5, 5.41) is 0. The highest BCUT2D eigenvalue weighted by atomic mass is 16.6.